The third-order valence-electron chi connectivity index (χ3n) is 4.29. The van der Waals surface area contributed by atoms with Gasteiger partial charge in [-0.05, 0) is 28.5 Å². The minimum absolute atomic E-state index is 0.0474. The summed E-state index contributed by atoms with van der Waals surface area (Å²) in [6.45, 7) is 6.92. The number of sulfonamides is 1. The number of nitrogens with zero attached hydrogens (tertiary/aromatic N) is 1. The van der Waals surface area contributed by atoms with Crippen molar-refractivity contribution in [3.8, 4) is 0 Å². The molecule has 122 valence electrons. The first kappa shape index (κ1) is 16.1. The summed E-state index contributed by atoms with van der Waals surface area (Å²) >= 11 is 0. The van der Waals surface area contributed by atoms with Gasteiger partial charge >= 0.3 is 0 Å². The Morgan fingerprint density at radius 3 is 2.35 bits per heavy atom. The van der Waals surface area contributed by atoms with Crippen LogP contribution in [0, 0.1) is 0 Å². The minimum Gasteiger partial charge on any atom is -0.269 e. The summed E-state index contributed by atoms with van der Waals surface area (Å²) in [7, 11) is -3.38. The Morgan fingerprint density at radius 2 is 1.70 bits per heavy atom. The molecule has 2 aromatic rings. The van der Waals surface area contributed by atoms with Crippen molar-refractivity contribution in [3.05, 3.63) is 65.2 Å². The zero-order valence-corrected chi connectivity index (χ0v) is 14.7. The molecule has 3 nitrogen and oxygen atoms in total. The number of benzene rings is 2. The molecule has 0 saturated heterocycles. The van der Waals surface area contributed by atoms with E-state index in [1.807, 2.05) is 42.5 Å². The van der Waals surface area contributed by atoms with Gasteiger partial charge in [0.15, 0.2) is 0 Å². The molecule has 23 heavy (non-hydrogen) atoms. The van der Waals surface area contributed by atoms with Crippen molar-refractivity contribution in [2.75, 3.05) is 10.8 Å². The third-order valence-corrected chi connectivity index (χ3v) is 6.02. The van der Waals surface area contributed by atoms with E-state index in [1.165, 1.54) is 0 Å². The van der Waals surface area contributed by atoms with E-state index >= 15 is 0 Å². The Kier molecular flexibility index (Phi) is 3.96. The van der Waals surface area contributed by atoms with Gasteiger partial charge in [-0.25, -0.2) is 8.42 Å². The molecule has 0 bridgehead atoms. The van der Waals surface area contributed by atoms with Crippen LogP contribution in [0.2, 0.25) is 0 Å². The lowest BCUT2D eigenvalue weighted by Crippen LogP contribution is -2.32. The molecule has 4 heteroatoms. The molecular formula is C19H23NO2S. The average Bonchev–Trinajstić information content (AvgIpc) is 2.91. The SMILES string of the molecule is CC(C)(C)c1cccc2c1N(S(=O)(=O)Cc1ccccc1)CC2. The lowest BCUT2D eigenvalue weighted by atomic mass is 9.85. The van der Waals surface area contributed by atoms with Crippen LogP contribution in [0.4, 0.5) is 5.69 Å². The lowest BCUT2D eigenvalue weighted by molar-refractivity contribution is 0.583. The number of anilines is 1. The highest BCUT2D eigenvalue weighted by Crippen LogP contribution is 2.40. The van der Waals surface area contributed by atoms with Crippen molar-refractivity contribution in [2.45, 2.75) is 38.4 Å². The van der Waals surface area contributed by atoms with Gasteiger partial charge in [-0.3, -0.25) is 4.31 Å². The van der Waals surface area contributed by atoms with Crippen molar-refractivity contribution >= 4 is 15.7 Å². The topological polar surface area (TPSA) is 37.4 Å². The largest absolute Gasteiger partial charge is 0.269 e. The summed E-state index contributed by atoms with van der Waals surface area (Å²) in [5, 5.41) is 0. The number of hydrogen-bond donors (Lipinski definition) is 0. The number of para-hydroxylation sites is 1. The van der Waals surface area contributed by atoms with E-state index in [9.17, 15) is 8.42 Å². The molecule has 0 unspecified atom stereocenters. The standard InChI is InChI=1S/C19H23NO2S/c1-19(2,3)17-11-7-10-16-12-13-20(18(16)17)23(21,22)14-15-8-5-4-6-9-15/h4-11H,12-14H2,1-3H3. The Hall–Kier alpha value is -1.81. The molecule has 0 amide bonds. The van der Waals surface area contributed by atoms with Gasteiger partial charge in [0, 0.05) is 6.54 Å². The van der Waals surface area contributed by atoms with Crippen LogP contribution in [0.5, 0.6) is 0 Å². The summed E-state index contributed by atoms with van der Waals surface area (Å²) in [5.41, 5.74) is 3.87. The maximum atomic E-state index is 13.0. The van der Waals surface area contributed by atoms with Crippen LogP contribution in [-0.4, -0.2) is 15.0 Å². The second kappa shape index (κ2) is 5.68. The van der Waals surface area contributed by atoms with E-state index < -0.39 is 10.0 Å². The van der Waals surface area contributed by atoms with Crippen LogP contribution in [0.3, 0.4) is 0 Å². The molecule has 1 heterocycles. The lowest BCUT2D eigenvalue weighted by Gasteiger charge is -2.28. The van der Waals surface area contributed by atoms with Crippen molar-refractivity contribution in [2.24, 2.45) is 0 Å². The summed E-state index contributed by atoms with van der Waals surface area (Å²) in [4.78, 5) is 0. The first-order valence-electron chi connectivity index (χ1n) is 7.96. The Bertz CT molecular complexity index is 805. The molecule has 0 aromatic heterocycles. The first-order valence-corrected chi connectivity index (χ1v) is 9.57. The normalized spacial score (nSPS) is 14.8. The van der Waals surface area contributed by atoms with Gasteiger partial charge in [-0.15, -0.1) is 0 Å². The van der Waals surface area contributed by atoms with Crippen molar-refractivity contribution < 1.29 is 8.42 Å². The third kappa shape index (κ3) is 3.13. The zero-order chi connectivity index (χ0) is 16.7. The van der Waals surface area contributed by atoms with E-state index in [4.69, 9.17) is 0 Å². The highest BCUT2D eigenvalue weighted by atomic mass is 32.2. The van der Waals surface area contributed by atoms with Crippen molar-refractivity contribution in [3.63, 3.8) is 0 Å². The van der Waals surface area contributed by atoms with Gasteiger partial charge in [-0.1, -0.05) is 69.3 Å². The summed E-state index contributed by atoms with van der Waals surface area (Å²) in [6.07, 6.45) is 0.785. The molecule has 3 rings (SSSR count). The van der Waals surface area contributed by atoms with Gasteiger partial charge in [-0.2, -0.15) is 0 Å². The Labute approximate surface area is 139 Å². The van der Waals surface area contributed by atoms with E-state index in [1.54, 1.807) is 4.31 Å². The second-order valence-electron chi connectivity index (χ2n) is 7.13. The molecule has 0 N–H and O–H groups in total. The van der Waals surface area contributed by atoms with Gasteiger partial charge < -0.3 is 0 Å². The van der Waals surface area contributed by atoms with E-state index in [0.29, 0.717) is 6.54 Å². The van der Waals surface area contributed by atoms with E-state index in [0.717, 1.165) is 28.8 Å². The number of fused-ring (bicyclic) bond motifs is 1. The van der Waals surface area contributed by atoms with Crippen molar-refractivity contribution in [1.82, 2.24) is 0 Å². The average molecular weight is 329 g/mol. The van der Waals surface area contributed by atoms with Crippen LogP contribution in [0.15, 0.2) is 48.5 Å². The molecule has 0 aliphatic carbocycles. The zero-order valence-electron chi connectivity index (χ0n) is 13.9. The molecule has 2 aromatic carbocycles. The van der Waals surface area contributed by atoms with E-state index in [2.05, 4.69) is 26.8 Å². The second-order valence-corrected chi connectivity index (χ2v) is 9.02. The number of rotatable bonds is 3. The van der Waals surface area contributed by atoms with Crippen molar-refractivity contribution in [1.29, 1.82) is 0 Å². The summed E-state index contributed by atoms with van der Waals surface area (Å²) in [6, 6.07) is 15.5. The molecule has 1 aliphatic rings. The predicted octanol–water partition coefficient (Wildman–Crippen LogP) is 3.88. The number of hydrogen-bond acceptors (Lipinski definition) is 2. The Balaban J connectivity index is 2.02. The quantitative estimate of drug-likeness (QED) is 0.857. The molecule has 0 radical (unpaired) electrons. The fourth-order valence-corrected chi connectivity index (χ4v) is 4.80. The maximum absolute atomic E-state index is 13.0. The highest BCUT2D eigenvalue weighted by Gasteiger charge is 2.34. The smallest absolute Gasteiger partial charge is 0.239 e. The summed E-state index contributed by atoms with van der Waals surface area (Å²) in [5.74, 6) is 0.0474. The molecule has 1 aliphatic heterocycles. The highest BCUT2D eigenvalue weighted by molar-refractivity contribution is 7.92. The first-order chi connectivity index (χ1) is 10.8. The molecule has 0 atom stereocenters. The van der Waals surface area contributed by atoms with Crippen LogP contribution in [-0.2, 0) is 27.6 Å². The Morgan fingerprint density at radius 1 is 1.00 bits per heavy atom. The van der Waals surface area contributed by atoms with Gasteiger partial charge in [0.2, 0.25) is 10.0 Å². The molecule has 0 spiro atoms. The fraction of sp³-hybridized carbons (Fsp3) is 0.368. The predicted molar refractivity (Wildman–Crippen MR) is 95.3 cm³/mol. The van der Waals surface area contributed by atoms with Gasteiger partial charge in [0.25, 0.3) is 0 Å². The fourth-order valence-electron chi connectivity index (χ4n) is 3.17. The summed E-state index contributed by atoms with van der Waals surface area (Å²) < 4.78 is 27.6. The molecule has 0 fully saturated rings. The van der Waals surface area contributed by atoms with Crippen LogP contribution in [0.25, 0.3) is 0 Å². The van der Waals surface area contributed by atoms with Crippen LogP contribution >= 0.6 is 0 Å². The minimum atomic E-state index is -3.38. The van der Waals surface area contributed by atoms with Gasteiger partial charge in [0.05, 0.1) is 11.4 Å². The van der Waals surface area contributed by atoms with E-state index in [-0.39, 0.29) is 11.2 Å². The monoisotopic (exact) mass is 329 g/mol. The molecule has 0 saturated carbocycles. The maximum Gasteiger partial charge on any atom is 0.239 e. The van der Waals surface area contributed by atoms with Crippen LogP contribution in [0.1, 0.15) is 37.5 Å². The van der Waals surface area contributed by atoms with Gasteiger partial charge in [0.1, 0.15) is 0 Å². The van der Waals surface area contributed by atoms with Crippen LogP contribution < -0.4 is 4.31 Å². The molecular weight excluding hydrogens is 306 g/mol.